The predicted molar refractivity (Wildman–Crippen MR) is 110 cm³/mol. The Balaban J connectivity index is 2.00. The summed E-state index contributed by atoms with van der Waals surface area (Å²) < 4.78 is 1.84. The van der Waals surface area contributed by atoms with E-state index in [0.29, 0.717) is 40.0 Å². The van der Waals surface area contributed by atoms with E-state index in [0.717, 1.165) is 11.4 Å². The van der Waals surface area contributed by atoms with Crippen LogP contribution in [-0.2, 0) is 13.5 Å². The molecule has 7 heteroatoms. The van der Waals surface area contributed by atoms with Crippen LogP contribution in [0.5, 0.6) is 5.75 Å². The number of aryl methyl sites for hydroxylation is 2. The maximum Gasteiger partial charge on any atom is 0.253 e. The molecule has 0 spiro atoms. The average Bonchev–Trinajstić information content (AvgIpc) is 2.95. The number of hydrogen-bond donors (Lipinski definition) is 2. The molecule has 148 valence electrons. The van der Waals surface area contributed by atoms with Crippen LogP contribution in [-0.4, -0.2) is 44.7 Å². The quantitative estimate of drug-likeness (QED) is 0.684. The number of fused-ring (bicyclic) bond motifs is 1. The first-order valence-corrected chi connectivity index (χ1v) is 9.41. The van der Waals surface area contributed by atoms with Crippen molar-refractivity contribution in [3.05, 3.63) is 57.9 Å². The van der Waals surface area contributed by atoms with Crippen molar-refractivity contribution in [2.75, 3.05) is 14.1 Å². The third-order valence-electron chi connectivity index (χ3n) is 5.04. The number of carbonyl (C=O) groups is 1. The molecule has 2 aromatic carbocycles. The summed E-state index contributed by atoms with van der Waals surface area (Å²) in [7, 11) is 5.19. The van der Waals surface area contributed by atoms with Gasteiger partial charge in [0.2, 0.25) is 0 Å². The zero-order chi connectivity index (χ0) is 20.6. The number of halogens is 1. The molecule has 1 amide bonds. The van der Waals surface area contributed by atoms with E-state index in [1.807, 2.05) is 18.5 Å². The second kappa shape index (κ2) is 7.81. The van der Waals surface area contributed by atoms with Gasteiger partial charge in [-0.05, 0) is 43.5 Å². The molecule has 0 aliphatic carbocycles. The Bertz CT molecular complexity index is 1030. The van der Waals surface area contributed by atoms with E-state index in [-0.39, 0.29) is 11.7 Å². The summed E-state index contributed by atoms with van der Waals surface area (Å²) in [6.45, 7) is 1.84. The molecule has 0 unspecified atom stereocenters. The highest BCUT2D eigenvalue weighted by Gasteiger charge is 2.23. The molecule has 6 nitrogen and oxygen atoms in total. The first-order valence-electron chi connectivity index (χ1n) is 9.03. The number of hydrogen-bond acceptors (Lipinski definition) is 4. The smallest absolute Gasteiger partial charge is 0.253 e. The van der Waals surface area contributed by atoms with Gasteiger partial charge < -0.3 is 19.7 Å². The number of phenols is 1. The highest BCUT2D eigenvalue weighted by atomic mass is 35.5. The van der Waals surface area contributed by atoms with Crippen molar-refractivity contribution in [3.8, 4) is 5.75 Å². The van der Waals surface area contributed by atoms with Gasteiger partial charge in [-0.25, -0.2) is 4.98 Å². The van der Waals surface area contributed by atoms with Crippen molar-refractivity contribution in [2.24, 2.45) is 7.05 Å². The van der Waals surface area contributed by atoms with E-state index in [2.05, 4.69) is 4.98 Å². The van der Waals surface area contributed by atoms with Crippen molar-refractivity contribution in [3.63, 3.8) is 0 Å². The standard InChI is InChI=1S/C21H24ClN3O3/c1-12-23-19-17(25(12)4)11-16(21(28)24(2)3)15(20(19)27)9-10-18(26)13-5-7-14(22)8-6-13/h5-8,11,18,26-27H,9-10H2,1-4H3/t18-/m1/s1. The highest BCUT2D eigenvalue weighted by molar-refractivity contribution is 6.30. The molecule has 2 N–H and O–H groups in total. The van der Waals surface area contributed by atoms with E-state index in [4.69, 9.17) is 11.6 Å². The number of carbonyl (C=O) groups excluding carboxylic acids is 1. The van der Waals surface area contributed by atoms with Gasteiger partial charge in [-0.15, -0.1) is 0 Å². The summed E-state index contributed by atoms with van der Waals surface area (Å²) in [5, 5.41) is 22.0. The first-order chi connectivity index (χ1) is 13.2. The number of aromatic nitrogens is 2. The molecule has 3 rings (SSSR count). The third-order valence-corrected chi connectivity index (χ3v) is 5.29. The van der Waals surface area contributed by atoms with E-state index >= 15 is 0 Å². The Morgan fingerprint density at radius 2 is 1.93 bits per heavy atom. The Kier molecular flexibility index (Phi) is 5.63. The van der Waals surface area contributed by atoms with Crippen molar-refractivity contribution in [1.82, 2.24) is 14.5 Å². The van der Waals surface area contributed by atoms with E-state index in [1.54, 1.807) is 44.4 Å². The number of aliphatic hydroxyl groups is 1. The molecule has 1 atom stereocenters. The van der Waals surface area contributed by atoms with Gasteiger partial charge in [0.05, 0.1) is 11.6 Å². The fourth-order valence-corrected chi connectivity index (χ4v) is 3.40. The molecule has 0 aliphatic rings. The number of nitrogens with zero attached hydrogens (tertiary/aromatic N) is 3. The molecule has 0 saturated carbocycles. The van der Waals surface area contributed by atoms with Gasteiger partial charge in [0.25, 0.3) is 5.91 Å². The summed E-state index contributed by atoms with van der Waals surface area (Å²) >= 11 is 5.90. The van der Waals surface area contributed by atoms with Crippen LogP contribution < -0.4 is 0 Å². The van der Waals surface area contributed by atoms with Crippen LogP contribution in [0, 0.1) is 6.92 Å². The number of rotatable bonds is 5. The van der Waals surface area contributed by atoms with Gasteiger partial charge in [0.1, 0.15) is 17.1 Å². The van der Waals surface area contributed by atoms with Crippen LogP contribution in [0.1, 0.15) is 39.8 Å². The van der Waals surface area contributed by atoms with Crippen LogP contribution in [0.2, 0.25) is 5.02 Å². The number of phenolic OH excluding ortho intramolecular Hbond substituents is 1. The summed E-state index contributed by atoms with van der Waals surface area (Å²) in [5.41, 5.74) is 2.81. The normalized spacial score (nSPS) is 12.4. The summed E-state index contributed by atoms with van der Waals surface area (Å²) in [6.07, 6.45) is -0.0591. The molecule has 28 heavy (non-hydrogen) atoms. The molecule has 0 bridgehead atoms. The lowest BCUT2D eigenvalue weighted by molar-refractivity contribution is 0.0825. The highest BCUT2D eigenvalue weighted by Crippen LogP contribution is 2.34. The molecule has 0 saturated heterocycles. The SMILES string of the molecule is Cc1nc2c(O)c(CC[C@@H](O)c3ccc(Cl)cc3)c(C(=O)N(C)C)cc2n1C. The lowest BCUT2D eigenvalue weighted by Crippen LogP contribution is -2.23. The Morgan fingerprint density at radius 3 is 2.54 bits per heavy atom. The minimum Gasteiger partial charge on any atom is -0.505 e. The predicted octanol–water partition coefficient (Wildman–Crippen LogP) is 3.61. The molecule has 0 aliphatic heterocycles. The zero-order valence-electron chi connectivity index (χ0n) is 16.4. The van der Waals surface area contributed by atoms with Crippen molar-refractivity contribution in [1.29, 1.82) is 0 Å². The zero-order valence-corrected chi connectivity index (χ0v) is 17.2. The van der Waals surface area contributed by atoms with E-state index < -0.39 is 6.10 Å². The second-order valence-electron chi connectivity index (χ2n) is 7.14. The van der Waals surface area contributed by atoms with Crippen molar-refractivity contribution < 1.29 is 15.0 Å². The number of aliphatic hydroxyl groups excluding tert-OH is 1. The van der Waals surface area contributed by atoms with Crippen LogP contribution >= 0.6 is 11.6 Å². The van der Waals surface area contributed by atoms with Crippen LogP contribution in [0.4, 0.5) is 0 Å². The van der Waals surface area contributed by atoms with Crippen molar-refractivity contribution in [2.45, 2.75) is 25.9 Å². The van der Waals surface area contributed by atoms with Gasteiger partial charge in [-0.3, -0.25) is 4.79 Å². The average molecular weight is 402 g/mol. The second-order valence-corrected chi connectivity index (χ2v) is 7.58. The molecule has 1 aromatic heterocycles. The molecule has 0 fully saturated rings. The largest absolute Gasteiger partial charge is 0.505 e. The fraction of sp³-hybridized carbons (Fsp3) is 0.333. The van der Waals surface area contributed by atoms with Crippen molar-refractivity contribution >= 4 is 28.5 Å². The topological polar surface area (TPSA) is 78.6 Å². The minimum absolute atomic E-state index is 0.00490. The molecular formula is C21H24ClN3O3. The fourth-order valence-electron chi connectivity index (χ4n) is 3.28. The van der Waals surface area contributed by atoms with E-state index in [1.165, 1.54) is 4.90 Å². The monoisotopic (exact) mass is 401 g/mol. The number of benzene rings is 2. The van der Waals surface area contributed by atoms with E-state index in [9.17, 15) is 15.0 Å². The third kappa shape index (κ3) is 3.70. The van der Waals surface area contributed by atoms with Crippen LogP contribution in [0.3, 0.4) is 0 Å². The molecule has 1 heterocycles. The Labute approximate surface area is 169 Å². The minimum atomic E-state index is -0.736. The summed E-state index contributed by atoms with van der Waals surface area (Å²) in [6, 6.07) is 8.75. The van der Waals surface area contributed by atoms with Crippen LogP contribution in [0.25, 0.3) is 11.0 Å². The molecule has 0 radical (unpaired) electrons. The first kappa shape index (κ1) is 20.2. The number of amides is 1. The van der Waals surface area contributed by atoms with Gasteiger partial charge in [0.15, 0.2) is 0 Å². The summed E-state index contributed by atoms with van der Waals surface area (Å²) in [4.78, 5) is 18.6. The Hall–Kier alpha value is -2.57. The number of aromatic hydroxyl groups is 1. The van der Waals surface area contributed by atoms with Crippen LogP contribution in [0.15, 0.2) is 30.3 Å². The summed E-state index contributed by atoms with van der Waals surface area (Å²) in [5.74, 6) is 0.536. The number of imidazole rings is 1. The molecular weight excluding hydrogens is 378 g/mol. The van der Waals surface area contributed by atoms with Gasteiger partial charge in [-0.2, -0.15) is 0 Å². The maximum atomic E-state index is 12.7. The maximum absolute atomic E-state index is 12.7. The molecule has 3 aromatic rings. The Morgan fingerprint density at radius 1 is 1.29 bits per heavy atom. The van der Waals surface area contributed by atoms with Gasteiger partial charge in [-0.1, -0.05) is 23.7 Å². The lowest BCUT2D eigenvalue weighted by Gasteiger charge is -2.17. The van der Waals surface area contributed by atoms with Gasteiger partial charge >= 0.3 is 0 Å². The lowest BCUT2D eigenvalue weighted by atomic mass is 9.96. The van der Waals surface area contributed by atoms with Gasteiger partial charge in [0, 0.05) is 37.3 Å².